The number of rotatable bonds is 6. The number of thioether (sulfide) groups is 1. The Labute approximate surface area is 178 Å². The highest BCUT2D eigenvalue weighted by molar-refractivity contribution is 7.99. The van der Waals surface area contributed by atoms with E-state index in [1.54, 1.807) is 35.0 Å². The maximum Gasteiger partial charge on any atom is 0.387 e. The van der Waals surface area contributed by atoms with E-state index >= 15 is 0 Å². The first-order valence-electron chi connectivity index (χ1n) is 8.27. The van der Waals surface area contributed by atoms with Crippen LogP contribution in [0.25, 0.3) is 0 Å². The normalized spacial score (nSPS) is 13.2. The number of hydrogen-bond acceptors (Lipinski definition) is 6. The second-order valence-corrected chi connectivity index (χ2v) is 7.60. The molecule has 2 aromatic carbocycles. The molecule has 29 heavy (non-hydrogen) atoms. The largest absolute Gasteiger partial charge is 0.484 e. The van der Waals surface area contributed by atoms with Crippen molar-refractivity contribution in [1.29, 1.82) is 0 Å². The molecule has 0 N–H and O–H groups in total. The molecule has 4 rings (SSSR count). The Kier molecular flexibility index (Phi) is 5.89. The first-order valence-corrected chi connectivity index (χ1v) is 10.0. The average molecular weight is 457 g/mol. The van der Waals surface area contributed by atoms with Gasteiger partial charge in [-0.05, 0) is 48.0 Å². The fourth-order valence-corrected chi connectivity index (χ4v) is 3.88. The maximum absolute atomic E-state index is 12.3. The number of hydrogen-bond donors (Lipinski definition) is 0. The van der Waals surface area contributed by atoms with Gasteiger partial charge in [0.05, 0.1) is 10.7 Å². The number of aromatic nitrogens is 3. The summed E-state index contributed by atoms with van der Waals surface area (Å²) in [7, 11) is 0. The van der Waals surface area contributed by atoms with Crippen molar-refractivity contribution in [2.45, 2.75) is 18.4 Å². The van der Waals surface area contributed by atoms with Crippen LogP contribution in [0.15, 0.2) is 52.7 Å². The third-order valence-corrected chi connectivity index (χ3v) is 5.36. The van der Waals surface area contributed by atoms with E-state index < -0.39 is 6.61 Å². The van der Waals surface area contributed by atoms with Crippen LogP contribution in [0.1, 0.15) is 11.4 Å². The van der Waals surface area contributed by atoms with E-state index in [4.69, 9.17) is 27.9 Å². The molecule has 0 amide bonds. The van der Waals surface area contributed by atoms with Crippen LogP contribution in [0.5, 0.6) is 11.5 Å². The number of nitrogens with zero attached hydrogens (tertiary/aromatic N) is 4. The molecule has 1 aromatic heterocycles. The fourth-order valence-electron chi connectivity index (χ4n) is 2.56. The van der Waals surface area contributed by atoms with Gasteiger partial charge < -0.3 is 9.47 Å². The van der Waals surface area contributed by atoms with Gasteiger partial charge in [-0.15, -0.1) is 10.2 Å². The van der Waals surface area contributed by atoms with Crippen LogP contribution in [0.2, 0.25) is 10.0 Å². The van der Waals surface area contributed by atoms with Crippen molar-refractivity contribution >= 4 is 40.7 Å². The van der Waals surface area contributed by atoms with E-state index in [2.05, 4.69) is 20.0 Å². The van der Waals surface area contributed by atoms with Gasteiger partial charge >= 0.3 is 6.61 Å². The molecule has 0 fully saturated rings. The molecular formula is C18H12Cl2F2N4O2S. The molecule has 0 aliphatic carbocycles. The molecule has 0 bridgehead atoms. The first-order chi connectivity index (χ1) is 14.0. The molecule has 0 spiro atoms. The standard InChI is InChI=1S/C18H12Cl2F2N4O2S/c19-11-3-6-15(13(20)7-11)27-8-16-23-24-18-26(16)25-14(9-29-18)10-1-4-12(5-2-10)28-17(21)22/h1-7,17H,8-9H2. The second-order valence-electron chi connectivity index (χ2n) is 5.81. The van der Waals surface area contributed by atoms with Crippen molar-refractivity contribution in [2.24, 2.45) is 5.10 Å². The van der Waals surface area contributed by atoms with Crippen molar-refractivity contribution in [2.75, 3.05) is 5.75 Å². The monoisotopic (exact) mass is 456 g/mol. The number of alkyl halides is 2. The predicted octanol–water partition coefficient (Wildman–Crippen LogP) is 5.12. The van der Waals surface area contributed by atoms with Gasteiger partial charge in [-0.2, -0.15) is 18.6 Å². The van der Waals surface area contributed by atoms with Crippen LogP contribution in [-0.4, -0.2) is 32.9 Å². The second kappa shape index (κ2) is 8.56. The Morgan fingerprint density at radius 2 is 1.90 bits per heavy atom. The molecule has 0 radical (unpaired) electrons. The molecule has 3 aromatic rings. The summed E-state index contributed by atoms with van der Waals surface area (Å²) in [6, 6.07) is 11.2. The first kappa shape index (κ1) is 19.9. The number of ether oxygens (including phenoxy) is 2. The van der Waals surface area contributed by atoms with Gasteiger partial charge in [-0.25, -0.2) is 0 Å². The van der Waals surface area contributed by atoms with Crippen LogP contribution < -0.4 is 9.47 Å². The molecule has 11 heteroatoms. The van der Waals surface area contributed by atoms with Crippen molar-refractivity contribution in [1.82, 2.24) is 14.9 Å². The number of fused-ring (bicyclic) bond motifs is 1. The Balaban J connectivity index is 1.52. The highest BCUT2D eigenvalue weighted by atomic mass is 35.5. The zero-order valence-electron chi connectivity index (χ0n) is 14.6. The maximum atomic E-state index is 12.3. The summed E-state index contributed by atoms with van der Waals surface area (Å²) in [5.74, 6) is 1.62. The Bertz CT molecular complexity index is 1060. The minimum atomic E-state index is -2.86. The predicted molar refractivity (Wildman–Crippen MR) is 107 cm³/mol. The van der Waals surface area contributed by atoms with Gasteiger partial charge in [0.15, 0.2) is 5.82 Å². The summed E-state index contributed by atoms with van der Waals surface area (Å²) in [5, 5.41) is 14.3. The number of halogens is 4. The summed E-state index contributed by atoms with van der Waals surface area (Å²) < 4.78 is 36.3. The van der Waals surface area contributed by atoms with Crippen LogP contribution in [0.4, 0.5) is 8.78 Å². The smallest absolute Gasteiger partial charge is 0.387 e. The Morgan fingerprint density at radius 3 is 2.62 bits per heavy atom. The van der Waals surface area contributed by atoms with Crippen molar-refractivity contribution in [3.63, 3.8) is 0 Å². The molecule has 2 heterocycles. The van der Waals surface area contributed by atoms with Crippen molar-refractivity contribution < 1.29 is 18.3 Å². The molecule has 1 aliphatic heterocycles. The zero-order valence-corrected chi connectivity index (χ0v) is 16.9. The molecule has 1 aliphatic rings. The van der Waals surface area contributed by atoms with Gasteiger partial charge in [0.2, 0.25) is 5.16 Å². The highest BCUT2D eigenvalue weighted by Crippen LogP contribution is 2.29. The van der Waals surface area contributed by atoms with E-state index in [0.29, 0.717) is 32.5 Å². The number of benzene rings is 2. The summed E-state index contributed by atoms with van der Waals surface area (Å²) in [5.41, 5.74) is 1.53. The SMILES string of the molecule is FC(F)Oc1ccc(C2=Nn3c(COc4ccc(Cl)cc4Cl)nnc3SC2)cc1. The molecule has 150 valence electrons. The average Bonchev–Trinajstić information content (AvgIpc) is 3.10. The molecule has 0 unspecified atom stereocenters. The van der Waals surface area contributed by atoms with Gasteiger partial charge in [0.25, 0.3) is 0 Å². The molecule has 6 nitrogen and oxygen atoms in total. The zero-order chi connectivity index (χ0) is 20.4. The van der Waals surface area contributed by atoms with Crippen molar-refractivity contribution in [3.05, 3.63) is 63.9 Å². The third kappa shape index (κ3) is 4.63. The lowest BCUT2D eigenvalue weighted by molar-refractivity contribution is -0.0498. The lowest BCUT2D eigenvalue weighted by Gasteiger charge is -2.14. The Hall–Kier alpha value is -2.36. The van der Waals surface area contributed by atoms with Crippen LogP contribution in [0.3, 0.4) is 0 Å². The third-order valence-electron chi connectivity index (χ3n) is 3.90. The summed E-state index contributed by atoms with van der Waals surface area (Å²) in [6.07, 6.45) is 0. The van der Waals surface area contributed by atoms with Gasteiger partial charge in [0.1, 0.15) is 18.1 Å². The highest BCUT2D eigenvalue weighted by Gasteiger charge is 2.20. The van der Waals surface area contributed by atoms with E-state index in [1.807, 2.05) is 0 Å². The molecular weight excluding hydrogens is 445 g/mol. The van der Waals surface area contributed by atoms with Crippen LogP contribution in [-0.2, 0) is 6.61 Å². The summed E-state index contributed by atoms with van der Waals surface area (Å²) in [6.45, 7) is -2.76. The van der Waals surface area contributed by atoms with Crippen molar-refractivity contribution in [3.8, 4) is 11.5 Å². The Morgan fingerprint density at radius 1 is 1.10 bits per heavy atom. The van der Waals surface area contributed by atoms with Gasteiger partial charge in [-0.1, -0.05) is 35.0 Å². The summed E-state index contributed by atoms with van der Waals surface area (Å²) >= 11 is 13.5. The summed E-state index contributed by atoms with van der Waals surface area (Å²) in [4.78, 5) is 0. The molecule has 0 saturated carbocycles. The molecule has 0 saturated heterocycles. The quantitative estimate of drug-likeness (QED) is 0.514. The van der Waals surface area contributed by atoms with E-state index in [-0.39, 0.29) is 12.4 Å². The van der Waals surface area contributed by atoms with E-state index in [9.17, 15) is 8.78 Å². The minimum absolute atomic E-state index is 0.0896. The van der Waals surface area contributed by atoms with Gasteiger partial charge in [-0.3, -0.25) is 0 Å². The lowest BCUT2D eigenvalue weighted by atomic mass is 10.1. The minimum Gasteiger partial charge on any atom is -0.484 e. The topological polar surface area (TPSA) is 61.5 Å². The lowest BCUT2D eigenvalue weighted by Crippen LogP contribution is -2.15. The van der Waals surface area contributed by atoms with E-state index in [1.165, 1.54) is 23.9 Å². The molecule has 0 atom stereocenters. The van der Waals surface area contributed by atoms with E-state index in [0.717, 1.165) is 11.3 Å². The van der Waals surface area contributed by atoms with Gasteiger partial charge in [0, 0.05) is 10.8 Å². The fraction of sp³-hybridized carbons (Fsp3) is 0.167. The van der Waals surface area contributed by atoms with Crippen LogP contribution >= 0.6 is 35.0 Å². The van der Waals surface area contributed by atoms with Crippen LogP contribution in [0, 0.1) is 0 Å².